The molecule has 0 radical (unpaired) electrons. The van der Waals surface area contributed by atoms with Crippen LogP contribution in [-0.4, -0.2) is 68.3 Å². The number of carbonyl (C=O) groups excluding carboxylic acids is 2. The highest BCUT2D eigenvalue weighted by atomic mass is 16.6. The molecule has 1 heterocycles. The fourth-order valence-electron chi connectivity index (χ4n) is 2.10. The van der Waals surface area contributed by atoms with Crippen LogP contribution in [0.3, 0.4) is 0 Å². The molecule has 9 heteroatoms. The first-order chi connectivity index (χ1) is 10.7. The van der Waals surface area contributed by atoms with E-state index in [4.69, 9.17) is 9.47 Å². The number of hydrazine groups is 1. The summed E-state index contributed by atoms with van der Waals surface area (Å²) in [4.78, 5) is 36.3. The Balaban J connectivity index is 3.16. The van der Waals surface area contributed by atoms with Crippen LogP contribution >= 0.6 is 0 Å². The molecule has 1 rings (SSSR count). The van der Waals surface area contributed by atoms with Crippen molar-refractivity contribution in [2.75, 3.05) is 6.54 Å². The van der Waals surface area contributed by atoms with Crippen molar-refractivity contribution in [1.29, 1.82) is 0 Å². The normalized spacial score (nSPS) is 22.1. The molecule has 24 heavy (non-hydrogen) atoms. The van der Waals surface area contributed by atoms with Gasteiger partial charge in [0.2, 0.25) is 0 Å². The minimum Gasteiger partial charge on any atom is -0.480 e. The maximum absolute atomic E-state index is 12.4. The molecule has 9 nitrogen and oxygen atoms in total. The van der Waals surface area contributed by atoms with Crippen molar-refractivity contribution in [2.45, 2.75) is 71.3 Å². The number of ether oxygens (including phenoxy) is 2. The summed E-state index contributed by atoms with van der Waals surface area (Å²) in [7, 11) is 0. The van der Waals surface area contributed by atoms with Gasteiger partial charge in [-0.25, -0.2) is 19.4 Å². The van der Waals surface area contributed by atoms with E-state index in [2.05, 4.69) is 0 Å². The zero-order chi connectivity index (χ0) is 18.9. The van der Waals surface area contributed by atoms with Gasteiger partial charge in [0.15, 0.2) is 6.04 Å². The Labute approximate surface area is 141 Å². The van der Waals surface area contributed by atoms with Crippen LogP contribution in [0.4, 0.5) is 9.59 Å². The number of carboxylic acid groups (broad SMARTS) is 1. The molecule has 2 atom stereocenters. The standard InChI is InChI=1S/C15H26N2O7/c1-14(2,3)23-12(21)16-8-9(18)7-10(11(19)20)17(16)13(22)24-15(4,5)6/h9-10,18H,7-8H2,1-6H3,(H,19,20)/t9-,10+/m1/s1. The molecular weight excluding hydrogens is 320 g/mol. The Morgan fingerprint density at radius 1 is 0.958 bits per heavy atom. The topological polar surface area (TPSA) is 117 Å². The number of aliphatic carboxylic acids is 1. The van der Waals surface area contributed by atoms with Crippen LogP contribution in [0.1, 0.15) is 48.0 Å². The number of amides is 2. The summed E-state index contributed by atoms with van der Waals surface area (Å²) < 4.78 is 10.4. The van der Waals surface area contributed by atoms with Gasteiger partial charge in [0.1, 0.15) is 11.2 Å². The third-order valence-electron chi connectivity index (χ3n) is 2.90. The van der Waals surface area contributed by atoms with Crippen LogP contribution in [0.2, 0.25) is 0 Å². The van der Waals surface area contributed by atoms with Crippen molar-refractivity contribution in [1.82, 2.24) is 10.0 Å². The van der Waals surface area contributed by atoms with E-state index in [0.717, 1.165) is 5.01 Å². The lowest BCUT2D eigenvalue weighted by Crippen LogP contribution is -2.64. The lowest BCUT2D eigenvalue weighted by Gasteiger charge is -2.43. The minimum absolute atomic E-state index is 0.214. The maximum atomic E-state index is 12.4. The van der Waals surface area contributed by atoms with Crippen LogP contribution < -0.4 is 0 Å². The number of carboxylic acids is 1. The maximum Gasteiger partial charge on any atom is 0.430 e. The van der Waals surface area contributed by atoms with Gasteiger partial charge in [-0.05, 0) is 41.5 Å². The zero-order valence-electron chi connectivity index (χ0n) is 14.9. The van der Waals surface area contributed by atoms with Gasteiger partial charge in [-0.1, -0.05) is 0 Å². The third-order valence-corrected chi connectivity index (χ3v) is 2.90. The second-order valence-electron chi connectivity index (χ2n) is 7.63. The number of hydrogen-bond acceptors (Lipinski definition) is 6. The molecule has 0 aromatic heterocycles. The molecule has 1 aliphatic rings. The van der Waals surface area contributed by atoms with E-state index in [1.54, 1.807) is 41.5 Å². The van der Waals surface area contributed by atoms with Crippen molar-refractivity contribution in [3.05, 3.63) is 0 Å². The van der Waals surface area contributed by atoms with E-state index in [9.17, 15) is 24.6 Å². The molecule has 0 aromatic rings. The summed E-state index contributed by atoms with van der Waals surface area (Å²) >= 11 is 0. The molecule has 0 unspecified atom stereocenters. The number of β-amino-alcohol motifs (C(OH)–C–C–N with tert-alkyl or cyclic N) is 1. The fraction of sp³-hybridized carbons (Fsp3) is 0.800. The largest absolute Gasteiger partial charge is 0.480 e. The minimum atomic E-state index is -1.43. The fourth-order valence-corrected chi connectivity index (χ4v) is 2.10. The predicted octanol–water partition coefficient (Wildman–Crippen LogP) is 1.59. The zero-order valence-corrected chi connectivity index (χ0v) is 14.9. The first kappa shape index (κ1) is 20.0. The molecule has 0 saturated carbocycles. The molecule has 0 aromatic carbocycles. The molecule has 138 valence electrons. The van der Waals surface area contributed by atoms with E-state index in [0.29, 0.717) is 5.01 Å². The molecule has 1 saturated heterocycles. The Morgan fingerprint density at radius 3 is 1.83 bits per heavy atom. The van der Waals surface area contributed by atoms with Gasteiger partial charge in [-0.3, -0.25) is 0 Å². The quantitative estimate of drug-likeness (QED) is 0.740. The predicted molar refractivity (Wildman–Crippen MR) is 83.1 cm³/mol. The van der Waals surface area contributed by atoms with Gasteiger partial charge in [0.05, 0.1) is 12.6 Å². The van der Waals surface area contributed by atoms with Gasteiger partial charge < -0.3 is 19.7 Å². The van der Waals surface area contributed by atoms with Gasteiger partial charge in [-0.2, -0.15) is 5.01 Å². The van der Waals surface area contributed by atoms with Crippen molar-refractivity contribution in [3.63, 3.8) is 0 Å². The van der Waals surface area contributed by atoms with E-state index in [-0.39, 0.29) is 13.0 Å². The summed E-state index contributed by atoms with van der Waals surface area (Å²) in [6.45, 7) is 9.51. The lowest BCUT2D eigenvalue weighted by atomic mass is 10.1. The molecule has 1 aliphatic heterocycles. The monoisotopic (exact) mass is 346 g/mol. The average molecular weight is 346 g/mol. The lowest BCUT2D eigenvalue weighted by molar-refractivity contribution is -0.162. The first-order valence-electron chi connectivity index (χ1n) is 7.65. The molecule has 2 N–H and O–H groups in total. The molecule has 1 fully saturated rings. The Kier molecular flexibility index (Phi) is 5.70. The molecule has 0 aliphatic carbocycles. The Hall–Kier alpha value is -2.03. The van der Waals surface area contributed by atoms with Gasteiger partial charge >= 0.3 is 18.2 Å². The van der Waals surface area contributed by atoms with E-state index in [1.165, 1.54) is 0 Å². The highest BCUT2D eigenvalue weighted by Crippen LogP contribution is 2.24. The Morgan fingerprint density at radius 2 is 1.42 bits per heavy atom. The summed E-state index contributed by atoms with van der Waals surface area (Å²) in [6.07, 6.45) is -3.24. The van der Waals surface area contributed by atoms with Crippen molar-refractivity contribution >= 4 is 18.2 Å². The number of aliphatic hydroxyl groups is 1. The average Bonchev–Trinajstić information content (AvgIpc) is 2.33. The molecule has 0 spiro atoms. The SMILES string of the molecule is CC(C)(C)OC(=O)N1C[C@H](O)C[C@@H](C(=O)O)N1C(=O)OC(C)(C)C. The number of aliphatic hydroxyl groups excluding tert-OH is 1. The molecular formula is C15H26N2O7. The van der Waals surface area contributed by atoms with E-state index < -0.39 is 41.5 Å². The van der Waals surface area contributed by atoms with Crippen LogP contribution in [0.5, 0.6) is 0 Å². The molecule has 0 bridgehead atoms. The van der Waals surface area contributed by atoms with Crippen LogP contribution in [0, 0.1) is 0 Å². The number of rotatable bonds is 1. The van der Waals surface area contributed by atoms with Crippen LogP contribution in [-0.2, 0) is 14.3 Å². The number of carbonyl (C=O) groups is 3. The highest BCUT2D eigenvalue weighted by molar-refractivity contribution is 5.82. The highest BCUT2D eigenvalue weighted by Gasteiger charge is 2.46. The van der Waals surface area contributed by atoms with Crippen molar-refractivity contribution in [2.24, 2.45) is 0 Å². The second-order valence-corrected chi connectivity index (χ2v) is 7.63. The second kappa shape index (κ2) is 6.84. The summed E-state index contributed by atoms with van der Waals surface area (Å²) in [5, 5.41) is 20.7. The molecule has 2 amide bonds. The summed E-state index contributed by atoms with van der Waals surface area (Å²) in [5.41, 5.74) is -1.73. The van der Waals surface area contributed by atoms with Crippen molar-refractivity contribution in [3.8, 4) is 0 Å². The Bertz CT molecular complexity index is 507. The van der Waals surface area contributed by atoms with Gasteiger partial charge in [0.25, 0.3) is 0 Å². The summed E-state index contributed by atoms with van der Waals surface area (Å²) in [5.74, 6) is -1.35. The van der Waals surface area contributed by atoms with Crippen molar-refractivity contribution < 1.29 is 34.1 Å². The smallest absolute Gasteiger partial charge is 0.430 e. The van der Waals surface area contributed by atoms with Crippen LogP contribution in [0.15, 0.2) is 0 Å². The number of hydrogen-bond donors (Lipinski definition) is 2. The summed E-state index contributed by atoms with van der Waals surface area (Å²) in [6, 6.07) is -1.43. The van der Waals surface area contributed by atoms with E-state index in [1.807, 2.05) is 0 Å². The van der Waals surface area contributed by atoms with Crippen LogP contribution in [0.25, 0.3) is 0 Å². The van der Waals surface area contributed by atoms with Gasteiger partial charge in [-0.15, -0.1) is 0 Å². The third kappa shape index (κ3) is 5.55. The van der Waals surface area contributed by atoms with E-state index >= 15 is 0 Å². The number of nitrogens with zero attached hydrogens (tertiary/aromatic N) is 2. The first-order valence-corrected chi connectivity index (χ1v) is 7.65. The van der Waals surface area contributed by atoms with Gasteiger partial charge in [0, 0.05) is 6.42 Å².